The van der Waals surface area contributed by atoms with Gasteiger partial charge in [0.05, 0.1) is 12.0 Å². The van der Waals surface area contributed by atoms with Crippen molar-refractivity contribution in [2.75, 3.05) is 5.32 Å². The standard InChI is InChI=1S/C29H39FN2O2/c1-8-11-18(4)24(23(10-3)20(6)13-21(7)27(33)12-9-2)15-22-17-31-28(14-19(22)5)32-29(34)25-16-26(25)30/h10-11,13-15,17,25-27,33H,7-9,12,16H2,1-6H3,(H,31,32,34)/b18-11+,20-13-,23-10+,24-15+. The molecule has 34 heavy (non-hydrogen) atoms. The van der Waals surface area contributed by atoms with Crippen molar-refractivity contribution in [3.8, 4) is 0 Å². The van der Waals surface area contributed by atoms with Gasteiger partial charge in [-0.25, -0.2) is 9.37 Å². The molecular weight excluding hydrogens is 427 g/mol. The van der Waals surface area contributed by atoms with Gasteiger partial charge in [-0.05, 0) is 98.1 Å². The van der Waals surface area contributed by atoms with Crippen LogP contribution in [-0.2, 0) is 4.79 Å². The van der Waals surface area contributed by atoms with Crippen LogP contribution < -0.4 is 5.32 Å². The van der Waals surface area contributed by atoms with E-state index >= 15 is 0 Å². The van der Waals surface area contributed by atoms with Gasteiger partial charge in [-0.3, -0.25) is 4.79 Å². The van der Waals surface area contributed by atoms with E-state index in [-0.39, 0.29) is 5.91 Å². The summed E-state index contributed by atoms with van der Waals surface area (Å²) in [5.74, 6) is -0.426. The van der Waals surface area contributed by atoms with E-state index < -0.39 is 18.2 Å². The first kappa shape index (κ1) is 27.5. The van der Waals surface area contributed by atoms with Crippen LogP contribution in [0.25, 0.3) is 6.08 Å². The van der Waals surface area contributed by atoms with Crippen molar-refractivity contribution in [1.82, 2.24) is 4.98 Å². The summed E-state index contributed by atoms with van der Waals surface area (Å²) in [6, 6.07) is 1.82. The lowest BCUT2D eigenvalue weighted by atomic mass is 9.89. The molecule has 1 saturated carbocycles. The van der Waals surface area contributed by atoms with Crippen LogP contribution in [0.5, 0.6) is 0 Å². The fourth-order valence-electron chi connectivity index (χ4n) is 3.92. The summed E-state index contributed by atoms with van der Waals surface area (Å²) in [4.78, 5) is 16.4. The van der Waals surface area contributed by atoms with Gasteiger partial charge in [0.15, 0.2) is 0 Å². The summed E-state index contributed by atoms with van der Waals surface area (Å²) in [5.41, 5.74) is 6.89. The largest absolute Gasteiger partial charge is 0.388 e. The van der Waals surface area contributed by atoms with Crippen molar-refractivity contribution in [2.24, 2.45) is 5.92 Å². The van der Waals surface area contributed by atoms with Gasteiger partial charge in [-0.2, -0.15) is 0 Å². The first-order chi connectivity index (χ1) is 16.1. The van der Waals surface area contributed by atoms with Crippen molar-refractivity contribution in [1.29, 1.82) is 0 Å². The molecule has 1 fully saturated rings. The number of anilines is 1. The lowest BCUT2D eigenvalue weighted by molar-refractivity contribution is -0.117. The number of carbonyl (C=O) groups is 1. The first-order valence-corrected chi connectivity index (χ1v) is 12.1. The number of aliphatic hydroxyl groups excluding tert-OH is 1. The highest BCUT2D eigenvalue weighted by atomic mass is 19.1. The van der Waals surface area contributed by atoms with E-state index in [4.69, 9.17) is 0 Å². The van der Waals surface area contributed by atoms with Gasteiger partial charge in [0.25, 0.3) is 0 Å². The quantitative estimate of drug-likeness (QED) is 0.344. The van der Waals surface area contributed by atoms with Crippen LogP contribution in [0.4, 0.5) is 10.2 Å². The first-order valence-electron chi connectivity index (χ1n) is 12.1. The Morgan fingerprint density at radius 1 is 1.32 bits per heavy atom. The van der Waals surface area contributed by atoms with Crippen LogP contribution in [0.15, 0.2) is 64.9 Å². The molecule has 1 aliphatic carbocycles. The fraction of sp³-hybridized carbons (Fsp3) is 0.448. The van der Waals surface area contributed by atoms with Crippen molar-refractivity contribution < 1.29 is 14.3 Å². The summed E-state index contributed by atoms with van der Waals surface area (Å²) in [6.07, 6.45) is 11.3. The van der Waals surface area contributed by atoms with Gasteiger partial charge < -0.3 is 10.4 Å². The Morgan fingerprint density at radius 3 is 2.53 bits per heavy atom. The highest BCUT2D eigenvalue weighted by Gasteiger charge is 2.43. The number of nitrogens with zero attached hydrogens (tertiary/aromatic N) is 1. The second-order valence-electron chi connectivity index (χ2n) is 9.04. The Balaban J connectivity index is 2.39. The Kier molecular flexibility index (Phi) is 10.2. The lowest BCUT2D eigenvalue weighted by Gasteiger charge is -2.17. The van der Waals surface area contributed by atoms with Gasteiger partial charge in [0.2, 0.25) is 5.91 Å². The molecular formula is C29H39FN2O2. The normalized spacial score (nSPS) is 20.2. The molecule has 1 aliphatic rings. The Hall–Kier alpha value is -2.79. The van der Waals surface area contributed by atoms with Gasteiger partial charge in [-0.15, -0.1) is 0 Å². The van der Waals surface area contributed by atoms with Crippen molar-refractivity contribution >= 4 is 17.8 Å². The van der Waals surface area contributed by atoms with E-state index in [2.05, 4.69) is 49.0 Å². The predicted molar refractivity (Wildman–Crippen MR) is 140 cm³/mol. The monoisotopic (exact) mass is 466 g/mol. The number of aliphatic hydroxyl groups is 1. The molecule has 184 valence electrons. The van der Waals surface area contributed by atoms with Crippen LogP contribution in [0.2, 0.25) is 0 Å². The highest BCUT2D eigenvalue weighted by Crippen LogP contribution is 2.35. The van der Waals surface area contributed by atoms with E-state index in [9.17, 15) is 14.3 Å². The third-order valence-corrected chi connectivity index (χ3v) is 6.08. The third kappa shape index (κ3) is 7.36. The number of nitrogens with one attached hydrogen (secondary N) is 1. The van der Waals surface area contributed by atoms with Crippen molar-refractivity contribution in [3.63, 3.8) is 0 Å². The van der Waals surface area contributed by atoms with Crippen LogP contribution in [0, 0.1) is 12.8 Å². The van der Waals surface area contributed by atoms with Gasteiger partial charge in [-0.1, -0.05) is 45.1 Å². The van der Waals surface area contributed by atoms with E-state index in [0.29, 0.717) is 24.2 Å². The Bertz CT molecular complexity index is 1030. The fourth-order valence-corrected chi connectivity index (χ4v) is 3.92. The van der Waals surface area contributed by atoms with Gasteiger partial charge in [0, 0.05) is 6.20 Å². The van der Waals surface area contributed by atoms with E-state index in [1.54, 1.807) is 6.20 Å². The summed E-state index contributed by atoms with van der Waals surface area (Å²) in [5, 5.41) is 13.0. The number of halogens is 1. The molecule has 3 unspecified atom stereocenters. The van der Waals surface area contributed by atoms with Crippen LogP contribution in [0.3, 0.4) is 0 Å². The summed E-state index contributed by atoms with van der Waals surface area (Å²) in [6.45, 7) is 16.3. The van der Waals surface area contributed by atoms with Crippen LogP contribution in [0.1, 0.15) is 71.4 Å². The minimum absolute atomic E-state index is 0.291. The maximum atomic E-state index is 13.2. The van der Waals surface area contributed by atoms with Crippen LogP contribution in [-0.4, -0.2) is 28.3 Å². The number of amides is 1. The second kappa shape index (κ2) is 12.6. The smallest absolute Gasteiger partial charge is 0.231 e. The minimum Gasteiger partial charge on any atom is -0.388 e. The number of pyridine rings is 1. The summed E-state index contributed by atoms with van der Waals surface area (Å²) >= 11 is 0. The zero-order chi connectivity index (χ0) is 25.4. The molecule has 1 amide bonds. The topological polar surface area (TPSA) is 62.2 Å². The molecule has 0 saturated heterocycles. The lowest BCUT2D eigenvalue weighted by Crippen LogP contribution is -2.16. The molecule has 4 nitrogen and oxygen atoms in total. The maximum Gasteiger partial charge on any atom is 0.231 e. The maximum absolute atomic E-state index is 13.2. The molecule has 0 aromatic carbocycles. The number of aromatic nitrogens is 1. The summed E-state index contributed by atoms with van der Waals surface area (Å²) < 4.78 is 13.2. The number of allylic oxidation sites excluding steroid dienone is 6. The van der Waals surface area contributed by atoms with Crippen molar-refractivity contribution in [3.05, 3.63) is 76.1 Å². The molecule has 0 radical (unpaired) electrons. The molecule has 1 aromatic heterocycles. The molecule has 0 aliphatic heterocycles. The average Bonchev–Trinajstić information content (AvgIpc) is 3.52. The molecule has 5 heteroatoms. The zero-order valence-corrected chi connectivity index (χ0v) is 21.4. The SMILES string of the molecule is C=C(\C=C(C)/C(=C\C)C(=C/c1cnc(NC(=O)C2CC2F)cc1C)/C(C)=C/CC)C(O)CCC. The number of hydrogen-bond donors (Lipinski definition) is 2. The predicted octanol–water partition coefficient (Wildman–Crippen LogP) is 7.04. The Morgan fingerprint density at radius 2 is 2.00 bits per heavy atom. The summed E-state index contributed by atoms with van der Waals surface area (Å²) in [7, 11) is 0. The van der Waals surface area contributed by atoms with Gasteiger partial charge in [0.1, 0.15) is 12.0 Å². The molecule has 3 atom stereocenters. The number of aryl methyl sites for hydroxylation is 1. The van der Waals surface area contributed by atoms with Gasteiger partial charge >= 0.3 is 0 Å². The van der Waals surface area contributed by atoms with E-state index in [0.717, 1.165) is 46.3 Å². The number of alkyl halides is 1. The zero-order valence-electron chi connectivity index (χ0n) is 21.4. The molecule has 0 bridgehead atoms. The molecule has 0 spiro atoms. The van der Waals surface area contributed by atoms with Crippen molar-refractivity contribution in [2.45, 2.75) is 79.5 Å². The molecule has 1 aromatic rings. The number of hydrogen-bond acceptors (Lipinski definition) is 3. The third-order valence-electron chi connectivity index (χ3n) is 6.08. The van der Waals surface area contributed by atoms with E-state index in [1.165, 1.54) is 0 Å². The number of carbonyl (C=O) groups excluding carboxylic acids is 1. The number of rotatable bonds is 11. The molecule has 1 heterocycles. The highest BCUT2D eigenvalue weighted by molar-refractivity contribution is 5.94. The molecule has 2 rings (SSSR count). The van der Waals surface area contributed by atoms with E-state index in [1.807, 2.05) is 39.8 Å². The average molecular weight is 467 g/mol. The minimum atomic E-state index is -1.03. The second-order valence-corrected chi connectivity index (χ2v) is 9.04. The molecule has 2 N–H and O–H groups in total. The Labute approximate surface area is 204 Å². The van der Waals surface area contributed by atoms with Crippen LogP contribution >= 0.6 is 0 Å².